The molecule has 0 unspecified atom stereocenters. The van der Waals surface area contributed by atoms with E-state index >= 15 is 0 Å². The van der Waals surface area contributed by atoms with Gasteiger partial charge in [0.15, 0.2) is 0 Å². The van der Waals surface area contributed by atoms with Crippen molar-refractivity contribution in [2.45, 2.75) is 0 Å². The monoisotopic (exact) mass is 276 g/mol. The van der Waals surface area contributed by atoms with Gasteiger partial charge in [0.25, 0.3) is 0 Å². The summed E-state index contributed by atoms with van der Waals surface area (Å²) >= 11 is 0. The van der Waals surface area contributed by atoms with E-state index in [4.69, 9.17) is 14.2 Å². The zero-order valence-electron chi connectivity index (χ0n) is 11.4. The number of hydrogen-bond acceptors (Lipinski definition) is 5. The molecule has 1 heterocycles. The van der Waals surface area contributed by atoms with Crippen molar-refractivity contribution in [2.24, 2.45) is 0 Å². The molecule has 1 saturated heterocycles. The SMILES string of the molecule is COCN1CN(COC)C(=O)N(COC)CNC1=O. The molecule has 9 heteroatoms. The third kappa shape index (κ3) is 4.23. The predicted octanol–water partition coefficient (Wildman–Crippen LogP) is -0.538. The Morgan fingerprint density at radius 1 is 0.947 bits per heavy atom. The van der Waals surface area contributed by atoms with Crippen molar-refractivity contribution >= 4 is 12.1 Å². The first kappa shape index (κ1) is 15.5. The fourth-order valence-corrected chi connectivity index (χ4v) is 1.64. The first-order valence-corrected chi connectivity index (χ1v) is 5.67. The van der Waals surface area contributed by atoms with Crippen LogP contribution in [0.5, 0.6) is 0 Å². The van der Waals surface area contributed by atoms with Crippen LogP contribution in [0.25, 0.3) is 0 Å². The summed E-state index contributed by atoms with van der Waals surface area (Å²) in [4.78, 5) is 28.2. The molecule has 0 aromatic heterocycles. The lowest BCUT2D eigenvalue weighted by molar-refractivity contribution is -0.0105. The average molecular weight is 276 g/mol. The molecule has 4 amide bonds. The molecule has 110 valence electrons. The van der Waals surface area contributed by atoms with Crippen molar-refractivity contribution in [3.8, 4) is 0 Å². The average Bonchev–Trinajstić information content (AvgIpc) is 2.40. The minimum Gasteiger partial charge on any atom is -0.364 e. The molecule has 0 saturated carbocycles. The summed E-state index contributed by atoms with van der Waals surface area (Å²) in [6.45, 7) is 0.387. The van der Waals surface area contributed by atoms with Crippen molar-refractivity contribution in [1.29, 1.82) is 0 Å². The molecule has 0 bridgehead atoms. The molecule has 0 atom stereocenters. The molecule has 1 rings (SSSR count). The van der Waals surface area contributed by atoms with Gasteiger partial charge in [-0.3, -0.25) is 14.7 Å². The molecule has 19 heavy (non-hydrogen) atoms. The van der Waals surface area contributed by atoms with Crippen LogP contribution in [0, 0.1) is 0 Å². The van der Waals surface area contributed by atoms with E-state index in [1.807, 2.05) is 0 Å². The molecule has 1 N–H and O–H groups in total. The van der Waals surface area contributed by atoms with E-state index in [0.29, 0.717) is 0 Å². The summed E-state index contributed by atoms with van der Waals surface area (Å²) in [6, 6.07) is -0.610. The number of carbonyl (C=O) groups excluding carboxylic acids is 2. The molecule has 1 fully saturated rings. The van der Waals surface area contributed by atoms with Crippen LogP contribution < -0.4 is 5.32 Å². The summed E-state index contributed by atoms with van der Waals surface area (Å²) in [6.07, 6.45) is 0. The highest BCUT2D eigenvalue weighted by molar-refractivity contribution is 5.79. The molecular weight excluding hydrogens is 256 g/mol. The van der Waals surface area contributed by atoms with Crippen molar-refractivity contribution in [3.63, 3.8) is 0 Å². The summed E-state index contributed by atoms with van der Waals surface area (Å²) < 4.78 is 14.8. The topological polar surface area (TPSA) is 83.6 Å². The van der Waals surface area contributed by atoms with Gasteiger partial charge in [0.05, 0.1) is 6.67 Å². The second kappa shape index (κ2) is 7.77. The molecule has 0 radical (unpaired) electrons. The van der Waals surface area contributed by atoms with Crippen LogP contribution in [0.15, 0.2) is 0 Å². The quantitative estimate of drug-likeness (QED) is 0.704. The van der Waals surface area contributed by atoms with E-state index in [1.165, 1.54) is 36.0 Å². The van der Waals surface area contributed by atoms with Gasteiger partial charge in [-0.2, -0.15) is 0 Å². The van der Waals surface area contributed by atoms with Crippen molar-refractivity contribution in [3.05, 3.63) is 0 Å². The molecule has 0 aromatic carbocycles. The Bertz CT molecular complexity index is 310. The van der Waals surface area contributed by atoms with Gasteiger partial charge >= 0.3 is 12.1 Å². The van der Waals surface area contributed by atoms with Gasteiger partial charge in [-0.25, -0.2) is 9.59 Å². The molecule has 0 spiro atoms. The lowest BCUT2D eigenvalue weighted by Crippen LogP contribution is -2.58. The normalized spacial score (nSPS) is 17.3. The Labute approximate surface area is 112 Å². The Hall–Kier alpha value is -1.58. The fourth-order valence-electron chi connectivity index (χ4n) is 1.64. The maximum atomic E-state index is 12.2. The Morgan fingerprint density at radius 3 is 2.05 bits per heavy atom. The second-order valence-corrected chi connectivity index (χ2v) is 3.94. The van der Waals surface area contributed by atoms with Gasteiger partial charge in [0.2, 0.25) is 0 Å². The van der Waals surface area contributed by atoms with E-state index in [-0.39, 0.29) is 45.6 Å². The number of rotatable bonds is 6. The summed E-state index contributed by atoms with van der Waals surface area (Å²) in [5.74, 6) is 0. The largest absolute Gasteiger partial charge is 0.364 e. The lowest BCUT2D eigenvalue weighted by Gasteiger charge is -2.36. The highest BCUT2D eigenvalue weighted by Crippen LogP contribution is 2.05. The van der Waals surface area contributed by atoms with Crippen LogP contribution in [0.1, 0.15) is 0 Å². The highest BCUT2D eigenvalue weighted by Gasteiger charge is 2.28. The Kier molecular flexibility index (Phi) is 6.33. The number of hydrogen-bond donors (Lipinski definition) is 1. The van der Waals surface area contributed by atoms with Gasteiger partial charge in [0.1, 0.15) is 26.9 Å². The fraction of sp³-hybridized carbons (Fsp3) is 0.800. The number of urea groups is 2. The van der Waals surface area contributed by atoms with Gasteiger partial charge in [-0.05, 0) is 0 Å². The van der Waals surface area contributed by atoms with Crippen LogP contribution in [-0.2, 0) is 14.2 Å². The van der Waals surface area contributed by atoms with Gasteiger partial charge in [-0.15, -0.1) is 0 Å². The van der Waals surface area contributed by atoms with Crippen LogP contribution >= 0.6 is 0 Å². The first-order valence-electron chi connectivity index (χ1n) is 5.67. The zero-order valence-corrected chi connectivity index (χ0v) is 11.4. The number of carbonyl (C=O) groups is 2. The summed E-state index contributed by atoms with van der Waals surface area (Å²) in [7, 11) is 4.44. The van der Waals surface area contributed by atoms with Crippen LogP contribution in [0.4, 0.5) is 9.59 Å². The van der Waals surface area contributed by atoms with Crippen LogP contribution in [0.2, 0.25) is 0 Å². The smallest absolute Gasteiger partial charge is 0.326 e. The minimum absolute atomic E-state index is 0.0614. The number of amides is 4. The highest BCUT2D eigenvalue weighted by atomic mass is 16.5. The number of ether oxygens (including phenoxy) is 3. The van der Waals surface area contributed by atoms with E-state index in [1.54, 1.807) is 0 Å². The minimum atomic E-state index is -0.323. The summed E-state index contributed by atoms with van der Waals surface area (Å²) in [5.41, 5.74) is 0. The second-order valence-electron chi connectivity index (χ2n) is 3.94. The number of nitrogens with zero attached hydrogens (tertiary/aromatic N) is 3. The predicted molar refractivity (Wildman–Crippen MR) is 64.8 cm³/mol. The van der Waals surface area contributed by atoms with Gasteiger partial charge < -0.3 is 19.5 Å². The summed E-state index contributed by atoms with van der Waals surface area (Å²) in [5, 5.41) is 2.61. The molecule has 1 aliphatic heterocycles. The molecule has 9 nitrogen and oxygen atoms in total. The van der Waals surface area contributed by atoms with Gasteiger partial charge in [-0.1, -0.05) is 0 Å². The van der Waals surface area contributed by atoms with Crippen molar-refractivity contribution in [1.82, 2.24) is 20.0 Å². The number of nitrogens with one attached hydrogen (secondary N) is 1. The third-order valence-electron chi connectivity index (χ3n) is 2.45. The van der Waals surface area contributed by atoms with Crippen LogP contribution in [-0.4, -0.2) is 81.6 Å². The van der Waals surface area contributed by atoms with E-state index in [2.05, 4.69) is 5.32 Å². The Morgan fingerprint density at radius 2 is 1.47 bits per heavy atom. The van der Waals surface area contributed by atoms with Crippen LogP contribution in [0.3, 0.4) is 0 Å². The molecule has 0 aromatic rings. The van der Waals surface area contributed by atoms with E-state index in [9.17, 15) is 9.59 Å². The van der Waals surface area contributed by atoms with Crippen molar-refractivity contribution < 1.29 is 23.8 Å². The maximum absolute atomic E-state index is 12.2. The molecule has 0 aliphatic carbocycles. The van der Waals surface area contributed by atoms with Gasteiger partial charge in [0, 0.05) is 21.3 Å². The van der Waals surface area contributed by atoms with E-state index < -0.39 is 0 Å². The first-order chi connectivity index (χ1) is 9.13. The zero-order chi connectivity index (χ0) is 14.3. The third-order valence-corrected chi connectivity index (χ3v) is 2.45. The maximum Gasteiger partial charge on any atom is 0.326 e. The Balaban J connectivity index is 2.81. The standard InChI is InChI=1S/C10H20N4O5/c1-17-6-12-4-11-9(15)13(7-18-2)5-14(8-19-3)10(12)16/h4-8H2,1-3H3,(H,11,15). The molecular formula is C10H20N4O5. The number of methoxy groups -OCH3 is 3. The van der Waals surface area contributed by atoms with E-state index in [0.717, 1.165) is 0 Å². The van der Waals surface area contributed by atoms with Crippen molar-refractivity contribution in [2.75, 3.05) is 54.9 Å². The molecule has 1 aliphatic rings. The lowest BCUT2D eigenvalue weighted by atomic mass is 10.5.